The second-order valence-electron chi connectivity index (χ2n) is 3.63. The Morgan fingerprint density at radius 1 is 1.16 bits per heavy atom. The van der Waals surface area contributed by atoms with Crippen LogP contribution in [0.5, 0.6) is 0 Å². The van der Waals surface area contributed by atoms with Gasteiger partial charge in [0.05, 0.1) is 10.6 Å². The van der Waals surface area contributed by atoms with Gasteiger partial charge in [-0.3, -0.25) is 4.79 Å². The van der Waals surface area contributed by atoms with E-state index in [1.165, 1.54) is 30.3 Å². The zero-order valence-electron chi connectivity index (χ0n) is 9.94. The highest BCUT2D eigenvalue weighted by Gasteiger charge is 2.12. The molecule has 0 atom stereocenters. The lowest BCUT2D eigenvalue weighted by molar-refractivity contribution is -0.131. The third-order valence-corrected chi connectivity index (χ3v) is 3.88. The molecule has 0 unspecified atom stereocenters. The molecule has 0 fully saturated rings. The number of hydrogen-bond donors (Lipinski definition) is 1. The van der Waals surface area contributed by atoms with E-state index in [-0.39, 0.29) is 16.2 Å². The van der Waals surface area contributed by atoms with E-state index < -0.39 is 21.6 Å². The molecule has 0 bridgehead atoms. The molecule has 0 saturated carbocycles. The minimum Gasteiger partial charge on any atom is -0.478 e. The molecule has 6 heteroatoms. The molecule has 0 heterocycles. The fourth-order valence-electron chi connectivity index (χ4n) is 1.32. The molecule has 5 nitrogen and oxygen atoms in total. The second-order valence-corrected chi connectivity index (χ2v) is 5.66. The number of carboxylic acids is 1. The molecule has 0 saturated heterocycles. The number of carbonyl (C=O) groups excluding carboxylic acids is 1. The van der Waals surface area contributed by atoms with Gasteiger partial charge in [0, 0.05) is 11.6 Å². The number of allylic oxidation sites excluding steroid dienone is 1. The van der Waals surface area contributed by atoms with E-state index in [1.54, 1.807) is 0 Å². The monoisotopic (exact) mass is 280 g/mol. The Bertz CT molecular complexity index is 624. The highest BCUT2D eigenvalue weighted by atomic mass is 32.2. The lowest BCUT2D eigenvalue weighted by Crippen LogP contribution is -2.05. The van der Waals surface area contributed by atoms with Crippen molar-refractivity contribution >= 4 is 21.6 Å². The lowest BCUT2D eigenvalue weighted by Gasteiger charge is -2.02. The molecule has 0 aliphatic carbocycles. The number of hydrogen-bond acceptors (Lipinski definition) is 4. The van der Waals surface area contributed by atoms with Crippen molar-refractivity contribution < 1.29 is 23.1 Å². The zero-order valence-corrected chi connectivity index (χ0v) is 10.8. The average molecular weight is 280 g/mol. The van der Waals surface area contributed by atoms with Crippen LogP contribution in [0.2, 0.25) is 0 Å². The molecule has 1 aromatic rings. The van der Waals surface area contributed by atoms with E-state index in [0.717, 1.165) is 12.2 Å². The van der Waals surface area contributed by atoms with E-state index in [4.69, 9.17) is 5.11 Å². The summed E-state index contributed by atoms with van der Waals surface area (Å²) in [5.74, 6) is -1.91. The Morgan fingerprint density at radius 3 is 2.21 bits per heavy atom. The van der Waals surface area contributed by atoms with Crippen LogP contribution in [0.25, 0.3) is 0 Å². The van der Waals surface area contributed by atoms with Crippen LogP contribution in [0.1, 0.15) is 10.4 Å². The van der Waals surface area contributed by atoms with Crippen LogP contribution in [0, 0.1) is 0 Å². The molecule has 1 rings (SSSR count). The van der Waals surface area contributed by atoms with Crippen molar-refractivity contribution in [3.63, 3.8) is 0 Å². The molecule has 0 spiro atoms. The number of benzene rings is 1. The zero-order chi connectivity index (χ0) is 14.5. The summed E-state index contributed by atoms with van der Waals surface area (Å²) in [4.78, 5) is 21.9. The maximum Gasteiger partial charge on any atom is 0.328 e. The van der Waals surface area contributed by atoms with Crippen LogP contribution in [-0.2, 0) is 14.6 Å². The Labute approximate surface area is 110 Å². The molecule has 19 heavy (non-hydrogen) atoms. The standard InChI is InChI=1S/C13H12O5S/c1-2-9-19(17,18)11-5-3-10(4-6-11)12(14)7-8-13(15)16/h2-8H,1,9H2,(H,15,16)/b8-7+. The van der Waals surface area contributed by atoms with Crippen LogP contribution < -0.4 is 0 Å². The van der Waals surface area contributed by atoms with Gasteiger partial charge in [0.1, 0.15) is 0 Å². The van der Waals surface area contributed by atoms with Crippen molar-refractivity contribution in [1.29, 1.82) is 0 Å². The van der Waals surface area contributed by atoms with Crippen LogP contribution in [0.3, 0.4) is 0 Å². The number of ketones is 1. The van der Waals surface area contributed by atoms with Gasteiger partial charge in [0.15, 0.2) is 15.6 Å². The molecule has 1 aromatic carbocycles. The summed E-state index contributed by atoms with van der Waals surface area (Å²) in [6.45, 7) is 3.36. The second kappa shape index (κ2) is 6.10. The first-order chi connectivity index (χ1) is 8.86. The summed E-state index contributed by atoms with van der Waals surface area (Å²) in [6.07, 6.45) is 2.92. The van der Waals surface area contributed by atoms with Crippen LogP contribution in [0.4, 0.5) is 0 Å². The Morgan fingerprint density at radius 2 is 1.74 bits per heavy atom. The Hall–Kier alpha value is -2.21. The molecule has 0 aliphatic rings. The van der Waals surface area contributed by atoms with E-state index in [2.05, 4.69) is 6.58 Å². The summed E-state index contributed by atoms with van der Waals surface area (Å²) in [7, 11) is -3.42. The van der Waals surface area contributed by atoms with E-state index in [1.807, 2.05) is 0 Å². The van der Waals surface area contributed by atoms with Crippen LogP contribution in [0.15, 0.2) is 54.0 Å². The van der Waals surface area contributed by atoms with Gasteiger partial charge in [-0.15, -0.1) is 6.58 Å². The molecule has 0 amide bonds. The predicted molar refractivity (Wildman–Crippen MR) is 69.8 cm³/mol. The third kappa shape index (κ3) is 4.18. The smallest absolute Gasteiger partial charge is 0.328 e. The van der Waals surface area contributed by atoms with Crippen molar-refractivity contribution in [2.75, 3.05) is 5.75 Å². The average Bonchev–Trinajstić information content (AvgIpc) is 2.36. The molecule has 0 aromatic heterocycles. The summed E-state index contributed by atoms with van der Waals surface area (Å²) in [5.41, 5.74) is 0.218. The van der Waals surface area contributed by atoms with Gasteiger partial charge < -0.3 is 5.11 Å². The number of rotatable bonds is 6. The lowest BCUT2D eigenvalue weighted by atomic mass is 10.1. The molecule has 1 N–H and O–H groups in total. The van der Waals surface area contributed by atoms with Crippen molar-refractivity contribution in [2.24, 2.45) is 0 Å². The van der Waals surface area contributed by atoms with Gasteiger partial charge in [0.2, 0.25) is 0 Å². The maximum absolute atomic E-state index is 11.7. The third-order valence-electron chi connectivity index (χ3n) is 2.21. The molecule has 0 aliphatic heterocycles. The first-order valence-electron chi connectivity index (χ1n) is 5.26. The van der Waals surface area contributed by atoms with Gasteiger partial charge in [-0.1, -0.05) is 6.08 Å². The summed E-state index contributed by atoms with van der Waals surface area (Å²) in [5, 5.41) is 8.39. The quantitative estimate of drug-likeness (QED) is 0.484. The Balaban J connectivity index is 2.97. The minimum atomic E-state index is -3.42. The van der Waals surface area contributed by atoms with Crippen molar-refractivity contribution in [1.82, 2.24) is 0 Å². The molecule has 0 radical (unpaired) electrons. The van der Waals surface area contributed by atoms with Crippen molar-refractivity contribution in [3.05, 3.63) is 54.6 Å². The topological polar surface area (TPSA) is 88.5 Å². The molecular formula is C13H12O5S. The fourth-order valence-corrected chi connectivity index (χ4v) is 2.37. The van der Waals surface area contributed by atoms with Gasteiger partial charge in [-0.25, -0.2) is 13.2 Å². The van der Waals surface area contributed by atoms with Crippen molar-refractivity contribution in [2.45, 2.75) is 4.90 Å². The van der Waals surface area contributed by atoms with Gasteiger partial charge in [-0.05, 0) is 30.3 Å². The first kappa shape index (κ1) is 14.8. The van der Waals surface area contributed by atoms with E-state index in [9.17, 15) is 18.0 Å². The summed E-state index contributed by atoms with van der Waals surface area (Å²) >= 11 is 0. The number of aliphatic carboxylic acids is 1. The number of carboxylic acid groups (broad SMARTS) is 1. The van der Waals surface area contributed by atoms with Gasteiger partial charge in [-0.2, -0.15) is 0 Å². The predicted octanol–water partition coefficient (Wildman–Crippen LogP) is 1.47. The van der Waals surface area contributed by atoms with Crippen LogP contribution >= 0.6 is 0 Å². The summed E-state index contributed by atoms with van der Waals surface area (Å²) in [6, 6.07) is 5.29. The highest BCUT2D eigenvalue weighted by molar-refractivity contribution is 7.91. The minimum absolute atomic E-state index is 0.0890. The van der Waals surface area contributed by atoms with Crippen molar-refractivity contribution in [3.8, 4) is 0 Å². The number of carbonyl (C=O) groups is 2. The van der Waals surface area contributed by atoms with E-state index >= 15 is 0 Å². The van der Waals surface area contributed by atoms with Gasteiger partial charge in [0.25, 0.3) is 0 Å². The normalized spacial score (nSPS) is 11.4. The summed E-state index contributed by atoms with van der Waals surface area (Å²) < 4.78 is 23.4. The molecular weight excluding hydrogens is 268 g/mol. The van der Waals surface area contributed by atoms with Gasteiger partial charge >= 0.3 is 5.97 Å². The maximum atomic E-state index is 11.7. The highest BCUT2D eigenvalue weighted by Crippen LogP contribution is 2.13. The van der Waals surface area contributed by atoms with E-state index in [0.29, 0.717) is 0 Å². The number of sulfone groups is 1. The SMILES string of the molecule is C=CCS(=O)(=O)c1ccc(C(=O)/C=C/C(=O)O)cc1. The van der Waals surface area contributed by atoms with Crippen LogP contribution in [-0.4, -0.2) is 31.0 Å². The Kier molecular flexibility index (Phi) is 4.77. The molecule has 100 valence electrons. The largest absolute Gasteiger partial charge is 0.478 e. The first-order valence-corrected chi connectivity index (χ1v) is 6.91. The fraction of sp³-hybridized carbons (Fsp3) is 0.0769.